The van der Waals surface area contributed by atoms with E-state index in [4.69, 9.17) is 0 Å². The highest BCUT2D eigenvalue weighted by molar-refractivity contribution is 6.07. The third kappa shape index (κ3) is 1.90. The second-order valence-corrected chi connectivity index (χ2v) is 3.02. The Labute approximate surface area is 71.0 Å². The Morgan fingerprint density at radius 1 is 1.67 bits per heavy atom. The van der Waals surface area contributed by atoms with Gasteiger partial charge in [0.2, 0.25) is 5.91 Å². The van der Waals surface area contributed by atoms with Crippen LogP contribution in [0.4, 0.5) is 0 Å². The van der Waals surface area contributed by atoms with Crippen LogP contribution in [-0.4, -0.2) is 17.4 Å². The highest BCUT2D eigenvalue weighted by atomic mass is 16.2. The number of nitrogens with zero attached hydrogens (tertiary/aromatic N) is 1. The Balaban J connectivity index is 2.46. The molecule has 0 aromatic carbocycles. The summed E-state index contributed by atoms with van der Waals surface area (Å²) in [5.41, 5.74) is 3.16. The molecule has 66 valence electrons. The molecule has 0 bridgehead atoms. The molecule has 4 heteroatoms. The molecule has 1 N–H and O–H groups in total. The molecule has 0 saturated carbocycles. The molecule has 1 rings (SSSR count). The SMILES string of the molecule is CC(=O)CCC1C(=O)NN=C1C. The molecule has 0 fully saturated rings. The zero-order chi connectivity index (χ0) is 9.14. The summed E-state index contributed by atoms with van der Waals surface area (Å²) in [4.78, 5) is 21.7. The van der Waals surface area contributed by atoms with E-state index in [1.54, 1.807) is 6.92 Å². The van der Waals surface area contributed by atoms with Gasteiger partial charge in [0.15, 0.2) is 0 Å². The van der Waals surface area contributed by atoms with Crippen LogP contribution in [0.5, 0.6) is 0 Å². The number of ketones is 1. The predicted octanol–water partition coefficient (Wildman–Crippen LogP) is 0.477. The van der Waals surface area contributed by atoms with E-state index in [1.807, 2.05) is 0 Å². The lowest BCUT2D eigenvalue weighted by molar-refractivity contribution is -0.122. The predicted molar refractivity (Wildman–Crippen MR) is 44.7 cm³/mol. The van der Waals surface area contributed by atoms with Gasteiger partial charge in [0.25, 0.3) is 0 Å². The number of nitrogens with one attached hydrogen (secondary N) is 1. The van der Waals surface area contributed by atoms with Gasteiger partial charge in [-0.15, -0.1) is 0 Å². The van der Waals surface area contributed by atoms with Gasteiger partial charge in [-0.25, -0.2) is 5.43 Å². The molecule has 1 aliphatic rings. The van der Waals surface area contributed by atoms with Crippen molar-refractivity contribution in [3.05, 3.63) is 0 Å². The summed E-state index contributed by atoms with van der Waals surface area (Å²) >= 11 is 0. The van der Waals surface area contributed by atoms with E-state index < -0.39 is 0 Å². The van der Waals surface area contributed by atoms with Crippen molar-refractivity contribution in [3.63, 3.8) is 0 Å². The van der Waals surface area contributed by atoms with Crippen molar-refractivity contribution >= 4 is 17.4 Å². The van der Waals surface area contributed by atoms with E-state index >= 15 is 0 Å². The van der Waals surface area contributed by atoms with Crippen molar-refractivity contribution in [1.29, 1.82) is 0 Å². The number of rotatable bonds is 3. The number of Topliss-reactive ketones (excluding diaryl/α,β-unsaturated/α-hetero) is 1. The highest BCUT2D eigenvalue weighted by Crippen LogP contribution is 2.13. The van der Waals surface area contributed by atoms with E-state index in [2.05, 4.69) is 10.5 Å². The Morgan fingerprint density at radius 3 is 2.75 bits per heavy atom. The van der Waals surface area contributed by atoms with Crippen LogP contribution >= 0.6 is 0 Å². The summed E-state index contributed by atoms with van der Waals surface area (Å²) in [7, 11) is 0. The van der Waals surface area contributed by atoms with Crippen LogP contribution in [0.2, 0.25) is 0 Å². The van der Waals surface area contributed by atoms with E-state index in [-0.39, 0.29) is 17.6 Å². The van der Waals surface area contributed by atoms with Crippen molar-refractivity contribution in [2.45, 2.75) is 26.7 Å². The average Bonchev–Trinajstić information content (AvgIpc) is 2.28. The Bertz CT molecular complexity index is 245. The van der Waals surface area contributed by atoms with E-state index in [1.165, 1.54) is 6.92 Å². The quantitative estimate of drug-likeness (QED) is 0.666. The van der Waals surface area contributed by atoms with Crippen molar-refractivity contribution in [1.82, 2.24) is 5.43 Å². The first kappa shape index (κ1) is 8.90. The number of amides is 1. The van der Waals surface area contributed by atoms with Crippen LogP contribution < -0.4 is 5.43 Å². The Hall–Kier alpha value is -1.19. The van der Waals surface area contributed by atoms with Crippen molar-refractivity contribution in [2.24, 2.45) is 11.0 Å². The van der Waals surface area contributed by atoms with Gasteiger partial charge in [-0.1, -0.05) is 0 Å². The molecule has 1 unspecified atom stereocenters. The van der Waals surface area contributed by atoms with Crippen LogP contribution in [-0.2, 0) is 9.59 Å². The highest BCUT2D eigenvalue weighted by Gasteiger charge is 2.26. The second-order valence-electron chi connectivity index (χ2n) is 3.02. The minimum Gasteiger partial charge on any atom is -0.300 e. The van der Waals surface area contributed by atoms with Gasteiger partial charge < -0.3 is 4.79 Å². The number of carbonyl (C=O) groups excluding carboxylic acids is 2. The fourth-order valence-electron chi connectivity index (χ4n) is 1.18. The summed E-state index contributed by atoms with van der Waals surface area (Å²) in [5.74, 6) is -0.162. The summed E-state index contributed by atoms with van der Waals surface area (Å²) in [6.45, 7) is 3.32. The molecule has 0 saturated heterocycles. The van der Waals surface area contributed by atoms with Gasteiger partial charge in [0.05, 0.1) is 5.92 Å². The maximum Gasteiger partial charge on any atom is 0.248 e. The van der Waals surface area contributed by atoms with Crippen LogP contribution in [0.1, 0.15) is 26.7 Å². The molecular weight excluding hydrogens is 156 g/mol. The maximum atomic E-state index is 11.1. The minimum absolute atomic E-state index is 0.0891. The smallest absolute Gasteiger partial charge is 0.248 e. The lowest BCUT2D eigenvalue weighted by Gasteiger charge is -2.04. The topological polar surface area (TPSA) is 58.5 Å². The minimum atomic E-state index is -0.186. The van der Waals surface area contributed by atoms with E-state index in [0.717, 1.165) is 5.71 Å². The van der Waals surface area contributed by atoms with Crippen LogP contribution in [0, 0.1) is 5.92 Å². The Morgan fingerprint density at radius 2 is 2.33 bits per heavy atom. The van der Waals surface area contributed by atoms with Crippen LogP contribution in [0.3, 0.4) is 0 Å². The maximum absolute atomic E-state index is 11.1. The summed E-state index contributed by atoms with van der Waals surface area (Å²) in [6, 6.07) is 0. The van der Waals surface area contributed by atoms with Gasteiger partial charge in [-0.3, -0.25) is 4.79 Å². The fourth-order valence-corrected chi connectivity index (χ4v) is 1.18. The molecule has 0 aromatic rings. The van der Waals surface area contributed by atoms with E-state index in [9.17, 15) is 9.59 Å². The lowest BCUT2D eigenvalue weighted by atomic mass is 9.98. The summed E-state index contributed by atoms with van der Waals surface area (Å²) in [5, 5.41) is 3.78. The first-order chi connectivity index (χ1) is 5.61. The van der Waals surface area contributed by atoms with Crippen LogP contribution in [0.25, 0.3) is 0 Å². The van der Waals surface area contributed by atoms with Crippen LogP contribution in [0.15, 0.2) is 5.10 Å². The molecular formula is C8H12N2O2. The molecule has 1 heterocycles. The van der Waals surface area contributed by atoms with Crippen molar-refractivity contribution in [3.8, 4) is 0 Å². The van der Waals surface area contributed by atoms with Crippen molar-refractivity contribution in [2.75, 3.05) is 0 Å². The molecule has 0 radical (unpaired) electrons. The second kappa shape index (κ2) is 3.47. The van der Waals surface area contributed by atoms with Gasteiger partial charge in [-0.2, -0.15) is 5.10 Å². The molecule has 12 heavy (non-hydrogen) atoms. The number of hydrogen-bond acceptors (Lipinski definition) is 3. The first-order valence-electron chi connectivity index (χ1n) is 3.94. The van der Waals surface area contributed by atoms with Crippen molar-refractivity contribution < 1.29 is 9.59 Å². The van der Waals surface area contributed by atoms with Gasteiger partial charge in [0.1, 0.15) is 5.78 Å². The monoisotopic (exact) mass is 168 g/mol. The zero-order valence-electron chi connectivity index (χ0n) is 7.26. The lowest BCUT2D eigenvalue weighted by Crippen LogP contribution is -2.22. The molecule has 1 aliphatic heterocycles. The zero-order valence-corrected chi connectivity index (χ0v) is 7.26. The summed E-state index contributed by atoms with van der Waals surface area (Å²) < 4.78 is 0. The third-order valence-corrected chi connectivity index (χ3v) is 1.95. The molecule has 0 aromatic heterocycles. The van der Waals surface area contributed by atoms with Gasteiger partial charge in [0, 0.05) is 12.1 Å². The number of hydrogen-bond donors (Lipinski definition) is 1. The molecule has 4 nitrogen and oxygen atoms in total. The van der Waals surface area contributed by atoms with Gasteiger partial charge in [-0.05, 0) is 20.3 Å². The average molecular weight is 168 g/mol. The largest absolute Gasteiger partial charge is 0.300 e. The molecule has 1 atom stereocenters. The Kier molecular flexibility index (Phi) is 2.58. The normalized spacial score (nSPS) is 22.0. The van der Waals surface area contributed by atoms with Gasteiger partial charge >= 0.3 is 0 Å². The molecule has 0 aliphatic carbocycles. The number of hydrazone groups is 1. The fraction of sp³-hybridized carbons (Fsp3) is 0.625. The summed E-state index contributed by atoms with van der Waals surface area (Å²) in [6.07, 6.45) is 1.03. The van der Waals surface area contributed by atoms with E-state index in [0.29, 0.717) is 12.8 Å². The number of carbonyl (C=O) groups is 2. The third-order valence-electron chi connectivity index (χ3n) is 1.95. The molecule has 1 amide bonds. The standard InChI is InChI=1S/C8H12N2O2/c1-5(11)3-4-7-6(2)9-10-8(7)12/h7H,3-4H2,1-2H3,(H,10,12). The first-order valence-corrected chi connectivity index (χ1v) is 3.94. The molecule has 0 spiro atoms.